The molecule has 0 atom stereocenters. The Kier molecular flexibility index (Phi) is 3.48. The van der Waals surface area contributed by atoms with Gasteiger partial charge in [0, 0.05) is 15.8 Å². The monoisotopic (exact) mass is 285 g/mol. The van der Waals surface area contributed by atoms with E-state index in [0.717, 1.165) is 4.88 Å². The van der Waals surface area contributed by atoms with Gasteiger partial charge in [-0.2, -0.15) is 0 Å². The first kappa shape index (κ1) is 12.8. The van der Waals surface area contributed by atoms with Gasteiger partial charge in [0.2, 0.25) is 0 Å². The van der Waals surface area contributed by atoms with Gasteiger partial charge in [-0.1, -0.05) is 30.3 Å². The summed E-state index contributed by atoms with van der Waals surface area (Å²) in [6, 6.07) is 13.8. The fourth-order valence-electron chi connectivity index (χ4n) is 2.14. The predicted octanol–water partition coefficient (Wildman–Crippen LogP) is 3.97. The number of nitrogens with one attached hydrogen (secondary N) is 1. The molecule has 0 radical (unpaired) electrons. The van der Waals surface area contributed by atoms with Crippen molar-refractivity contribution in [1.29, 1.82) is 0 Å². The molecule has 0 unspecified atom stereocenters. The van der Waals surface area contributed by atoms with Gasteiger partial charge in [0.05, 0.1) is 6.54 Å². The first-order valence-electron chi connectivity index (χ1n) is 6.23. The molecule has 1 N–H and O–H groups in total. The van der Waals surface area contributed by atoms with Crippen molar-refractivity contribution in [2.75, 3.05) is 0 Å². The Morgan fingerprint density at radius 2 is 1.85 bits per heavy atom. The zero-order chi connectivity index (χ0) is 13.9. The number of amides is 1. The summed E-state index contributed by atoms with van der Waals surface area (Å²) in [6.45, 7) is 0.488. The maximum absolute atomic E-state index is 13.7. The van der Waals surface area contributed by atoms with Crippen LogP contribution in [0, 0.1) is 5.82 Å². The average molecular weight is 285 g/mol. The van der Waals surface area contributed by atoms with Crippen LogP contribution in [0.3, 0.4) is 0 Å². The molecule has 0 aliphatic heterocycles. The second kappa shape index (κ2) is 5.43. The van der Waals surface area contributed by atoms with E-state index in [9.17, 15) is 9.18 Å². The van der Waals surface area contributed by atoms with Crippen LogP contribution in [0.25, 0.3) is 10.8 Å². The van der Waals surface area contributed by atoms with E-state index in [-0.39, 0.29) is 11.7 Å². The Balaban J connectivity index is 1.90. The van der Waals surface area contributed by atoms with Crippen molar-refractivity contribution in [3.8, 4) is 0 Å². The molecule has 1 amide bonds. The van der Waals surface area contributed by atoms with E-state index in [1.54, 1.807) is 35.6 Å². The molecular weight excluding hydrogens is 273 g/mol. The van der Waals surface area contributed by atoms with Gasteiger partial charge >= 0.3 is 0 Å². The molecule has 3 aromatic rings. The molecule has 2 aromatic carbocycles. The van der Waals surface area contributed by atoms with Crippen LogP contribution in [-0.2, 0) is 6.54 Å². The number of benzene rings is 2. The fraction of sp³-hybridized carbons (Fsp3) is 0.0625. The maximum atomic E-state index is 13.7. The highest BCUT2D eigenvalue weighted by molar-refractivity contribution is 7.09. The van der Waals surface area contributed by atoms with Crippen LogP contribution in [0.4, 0.5) is 4.39 Å². The molecule has 0 saturated heterocycles. The lowest BCUT2D eigenvalue weighted by atomic mass is 10.0. The standard InChI is InChI=1S/C16H12FNOS/c17-15-8-7-14(12-5-1-2-6-13(12)15)16(19)18-10-11-4-3-9-20-11/h1-9H,10H2,(H,18,19). The van der Waals surface area contributed by atoms with Crippen LogP contribution in [0.15, 0.2) is 53.9 Å². The molecule has 100 valence electrons. The number of hydrogen-bond acceptors (Lipinski definition) is 2. The molecule has 2 nitrogen and oxygen atoms in total. The number of thiophene rings is 1. The number of hydrogen-bond donors (Lipinski definition) is 1. The third-order valence-corrected chi connectivity index (χ3v) is 4.00. The lowest BCUT2D eigenvalue weighted by Crippen LogP contribution is -2.22. The highest BCUT2D eigenvalue weighted by Gasteiger charge is 2.12. The van der Waals surface area contributed by atoms with E-state index in [0.29, 0.717) is 22.9 Å². The summed E-state index contributed by atoms with van der Waals surface area (Å²) in [7, 11) is 0. The zero-order valence-electron chi connectivity index (χ0n) is 10.6. The first-order chi connectivity index (χ1) is 9.75. The highest BCUT2D eigenvalue weighted by Crippen LogP contribution is 2.22. The lowest BCUT2D eigenvalue weighted by molar-refractivity contribution is 0.0953. The van der Waals surface area contributed by atoms with Crippen molar-refractivity contribution >= 4 is 28.0 Å². The van der Waals surface area contributed by atoms with Crippen LogP contribution >= 0.6 is 11.3 Å². The summed E-state index contributed by atoms with van der Waals surface area (Å²) < 4.78 is 13.7. The van der Waals surface area contributed by atoms with Gasteiger partial charge in [-0.05, 0) is 29.0 Å². The summed E-state index contributed by atoms with van der Waals surface area (Å²) in [5, 5.41) is 5.93. The van der Waals surface area contributed by atoms with Crippen molar-refractivity contribution in [1.82, 2.24) is 5.32 Å². The Morgan fingerprint density at radius 1 is 1.05 bits per heavy atom. The molecule has 0 aliphatic rings. The van der Waals surface area contributed by atoms with Crippen molar-refractivity contribution < 1.29 is 9.18 Å². The van der Waals surface area contributed by atoms with Crippen molar-refractivity contribution in [2.45, 2.75) is 6.54 Å². The van der Waals surface area contributed by atoms with Gasteiger partial charge < -0.3 is 5.32 Å². The molecule has 0 spiro atoms. The Labute approximate surface area is 119 Å². The molecule has 3 rings (SSSR count). The minimum absolute atomic E-state index is 0.186. The minimum Gasteiger partial charge on any atom is -0.347 e. The van der Waals surface area contributed by atoms with Crippen molar-refractivity contribution in [2.24, 2.45) is 0 Å². The summed E-state index contributed by atoms with van der Waals surface area (Å²) in [5.74, 6) is -0.495. The third-order valence-electron chi connectivity index (χ3n) is 3.12. The molecule has 0 saturated carbocycles. The number of carbonyl (C=O) groups excluding carboxylic acids is 1. The van der Waals surface area contributed by atoms with Crippen LogP contribution in [0.5, 0.6) is 0 Å². The number of carbonyl (C=O) groups is 1. The van der Waals surface area contributed by atoms with Crippen molar-refractivity contribution in [3.63, 3.8) is 0 Å². The van der Waals surface area contributed by atoms with Gasteiger partial charge in [-0.25, -0.2) is 4.39 Å². The van der Waals surface area contributed by atoms with E-state index in [1.807, 2.05) is 17.5 Å². The molecule has 0 aliphatic carbocycles. The molecule has 4 heteroatoms. The molecular formula is C16H12FNOS. The zero-order valence-corrected chi connectivity index (χ0v) is 11.4. The molecule has 0 fully saturated rings. The smallest absolute Gasteiger partial charge is 0.252 e. The largest absolute Gasteiger partial charge is 0.347 e. The van der Waals surface area contributed by atoms with Crippen molar-refractivity contribution in [3.05, 3.63) is 70.2 Å². The van der Waals surface area contributed by atoms with Gasteiger partial charge in [0.15, 0.2) is 0 Å². The van der Waals surface area contributed by atoms with Gasteiger partial charge in [-0.15, -0.1) is 11.3 Å². The summed E-state index contributed by atoms with van der Waals surface area (Å²) in [6.07, 6.45) is 0. The maximum Gasteiger partial charge on any atom is 0.252 e. The van der Waals surface area contributed by atoms with Crippen LogP contribution in [0.2, 0.25) is 0 Å². The highest BCUT2D eigenvalue weighted by atomic mass is 32.1. The molecule has 20 heavy (non-hydrogen) atoms. The minimum atomic E-state index is -0.310. The SMILES string of the molecule is O=C(NCc1cccs1)c1ccc(F)c2ccccc12. The Morgan fingerprint density at radius 3 is 2.60 bits per heavy atom. The molecule has 1 heterocycles. The second-order valence-electron chi connectivity index (χ2n) is 4.40. The fourth-order valence-corrected chi connectivity index (χ4v) is 2.78. The van der Waals surface area contributed by atoms with E-state index in [4.69, 9.17) is 0 Å². The topological polar surface area (TPSA) is 29.1 Å². The van der Waals surface area contributed by atoms with Gasteiger partial charge in [0.25, 0.3) is 5.91 Å². The van der Waals surface area contributed by atoms with Gasteiger partial charge in [-0.3, -0.25) is 4.79 Å². The summed E-state index contributed by atoms with van der Waals surface area (Å²) in [5.41, 5.74) is 0.499. The van der Waals surface area contributed by atoms with E-state index in [1.165, 1.54) is 12.1 Å². The van der Waals surface area contributed by atoms with E-state index >= 15 is 0 Å². The predicted molar refractivity (Wildman–Crippen MR) is 79.4 cm³/mol. The third kappa shape index (κ3) is 2.42. The summed E-state index contributed by atoms with van der Waals surface area (Å²) in [4.78, 5) is 13.3. The number of fused-ring (bicyclic) bond motifs is 1. The Hall–Kier alpha value is -2.20. The second-order valence-corrected chi connectivity index (χ2v) is 5.43. The Bertz CT molecular complexity index is 752. The van der Waals surface area contributed by atoms with Gasteiger partial charge in [0.1, 0.15) is 5.82 Å². The molecule has 1 aromatic heterocycles. The average Bonchev–Trinajstić information content (AvgIpc) is 2.99. The van der Waals surface area contributed by atoms with Crippen LogP contribution < -0.4 is 5.32 Å². The van der Waals surface area contributed by atoms with Crippen LogP contribution in [-0.4, -0.2) is 5.91 Å². The number of halogens is 1. The van der Waals surface area contributed by atoms with E-state index < -0.39 is 0 Å². The normalized spacial score (nSPS) is 10.7. The van der Waals surface area contributed by atoms with Crippen LogP contribution in [0.1, 0.15) is 15.2 Å². The quantitative estimate of drug-likeness (QED) is 0.775. The number of rotatable bonds is 3. The molecule has 0 bridgehead atoms. The van der Waals surface area contributed by atoms with E-state index in [2.05, 4.69) is 5.32 Å². The first-order valence-corrected chi connectivity index (χ1v) is 7.11. The summed E-state index contributed by atoms with van der Waals surface area (Å²) >= 11 is 1.59. The lowest BCUT2D eigenvalue weighted by Gasteiger charge is -2.08.